The van der Waals surface area contributed by atoms with E-state index in [0.717, 1.165) is 30.8 Å². The lowest BCUT2D eigenvalue weighted by molar-refractivity contribution is 0.0606. The number of hydrogen-bond donors (Lipinski definition) is 1. The Morgan fingerprint density at radius 2 is 2.44 bits per heavy atom. The zero-order valence-corrected chi connectivity index (χ0v) is 11.6. The molecule has 1 aliphatic rings. The van der Waals surface area contributed by atoms with Gasteiger partial charge in [-0.2, -0.15) is 0 Å². The fourth-order valence-electron chi connectivity index (χ4n) is 2.41. The summed E-state index contributed by atoms with van der Waals surface area (Å²) >= 11 is 1.48. The molecular formula is C13H19NO3S. The molecule has 0 aromatic carbocycles. The molecule has 4 nitrogen and oxygen atoms in total. The van der Waals surface area contributed by atoms with Gasteiger partial charge in [0.05, 0.1) is 13.7 Å². The lowest BCUT2D eigenvalue weighted by Gasteiger charge is -2.22. The van der Waals surface area contributed by atoms with Crippen LogP contribution in [-0.2, 0) is 11.3 Å². The van der Waals surface area contributed by atoms with Crippen molar-refractivity contribution in [2.24, 2.45) is 0 Å². The van der Waals surface area contributed by atoms with Crippen LogP contribution in [0.4, 0.5) is 0 Å². The highest BCUT2D eigenvalue weighted by molar-refractivity contribution is 7.14. The van der Waals surface area contributed by atoms with Crippen molar-refractivity contribution in [3.63, 3.8) is 0 Å². The molecular weight excluding hydrogens is 250 g/mol. The van der Waals surface area contributed by atoms with E-state index in [-0.39, 0.29) is 18.6 Å². The van der Waals surface area contributed by atoms with Gasteiger partial charge in [-0.25, -0.2) is 4.79 Å². The minimum Gasteiger partial charge on any atom is -0.465 e. The van der Waals surface area contributed by atoms with Crippen molar-refractivity contribution in [3.05, 3.63) is 21.4 Å². The predicted octanol–water partition coefficient (Wildman–Crippen LogP) is 1.80. The first-order valence-electron chi connectivity index (χ1n) is 6.18. The number of esters is 1. The number of ether oxygens (including phenoxy) is 1. The summed E-state index contributed by atoms with van der Waals surface area (Å²) in [5.41, 5.74) is 1.17. The summed E-state index contributed by atoms with van der Waals surface area (Å²) in [6.45, 7) is 4.07. The van der Waals surface area contributed by atoms with Crippen LogP contribution >= 0.6 is 11.3 Å². The number of aliphatic hydroxyl groups is 1. The van der Waals surface area contributed by atoms with Gasteiger partial charge >= 0.3 is 5.97 Å². The highest BCUT2D eigenvalue weighted by Crippen LogP contribution is 2.26. The summed E-state index contributed by atoms with van der Waals surface area (Å²) in [5, 5.41) is 9.30. The first-order chi connectivity index (χ1) is 8.65. The second kappa shape index (κ2) is 5.82. The molecule has 100 valence electrons. The van der Waals surface area contributed by atoms with Gasteiger partial charge in [0.2, 0.25) is 0 Å². The minimum absolute atomic E-state index is 0.215. The molecule has 0 unspecified atom stereocenters. The summed E-state index contributed by atoms with van der Waals surface area (Å²) in [6.07, 6.45) is 2.20. The minimum atomic E-state index is -0.269. The number of nitrogens with zero attached hydrogens (tertiary/aromatic N) is 1. The molecule has 0 saturated carbocycles. The van der Waals surface area contributed by atoms with Gasteiger partial charge in [0, 0.05) is 17.5 Å². The molecule has 0 radical (unpaired) electrons. The normalized spacial score (nSPS) is 20.3. The zero-order valence-electron chi connectivity index (χ0n) is 10.8. The molecule has 5 heteroatoms. The standard InChI is InChI=1S/C13H19NO3S/c1-9-10(6-12(18-9)13(16)17-2)7-14-5-3-4-11(14)8-15/h6,11,15H,3-5,7-8H2,1-2H3/t11-/m1/s1. The van der Waals surface area contributed by atoms with Crippen LogP contribution < -0.4 is 0 Å². The largest absolute Gasteiger partial charge is 0.465 e. The summed E-state index contributed by atoms with van der Waals surface area (Å²) in [6, 6.07) is 2.18. The topological polar surface area (TPSA) is 49.8 Å². The Kier molecular flexibility index (Phi) is 4.37. The van der Waals surface area contributed by atoms with Gasteiger partial charge in [-0.1, -0.05) is 0 Å². The average Bonchev–Trinajstić information content (AvgIpc) is 2.96. The van der Waals surface area contributed by atoms with Crippen molar-refractivity contribution in [3.8, 4) is 0 Å². The number of methoxy groups -OCH3 is 1. The van der Waals surface area contributed by atoms with E-state index in [4.69, 9.17) is 4.74 Å². The Morgan fingerprint density at radius 1 is 1.67 bits per heavy atom. The molecule has 0 aliphatic carbocycles. The predicted molar refractivity (Wildman–Crippen MR) is 70.9 cm³/mol. The molecule has 0 bridgehead atoms. The van der Waals surface area contributed by atoms with Crippen LogP contribution in [0.15, 0.2) is 6.07 Å². The van der Waals surface area contributed by atoms with E-state index < -0.39 is 0 Å². The third-order valence-electron chi connectivity index (χ3n) is 3.49. The van der Waals surface area contributed by atoms with E-state index in [2.05, 4.69) is 4.90 Å². The molecule has 1 fully saturated rings. The quantitative estimate of drug-likeness (QED) is 0.847. The summed E-state index contributed by atoms with van der Waals surface area (Å²) in [7, 11) is 1.40. The van der Waals surface area contributed by atoms with E-state index in [9.17, 15) is 9.90 Å². The van der Waals surface area contributed by atoms with Gasteiger partial charge in [0.1, 0.15) is 4.88 Å². The van der Waals surface area contributed by atoms with Crippen molar-refractivity contribution in [1.29, 1.82) is 0 Å². The molecule has 2 heterocycles. The molecule has 1 aliphatic heterocycles. The molecule has 18 heavy (non-hydrogen) atoms. The Morgan fingerprint density at radius 3 is 3.11 bits per heavy atom. The number of hydrogen-bond acceptors (Lipinski definition) is 5. The van der Waals surface area contributed by atoms with E-state index in [1.54, 1.807) is 0 Å². The monoisotopic (exact) mass is 269 g/mol. The Labute approximate surface area is 111 Å². The van der Waals surface area contributed by atoms with Crippen LogP contribution in [0.1, 0.15) is 33.0 Å². The lowest BCUT2D eigenvalue weighted by Crippen LogP contribution is -2.31. The Hall–Kier alpha value is -0.910. The molecule has 1 N–H and O–H groups in total. The maximum absolute atomic E-state index is 11.5. The van der Waals surface area contributed by atoms with Crippen molar-refractivity contribution < 1.29 is 14.6 Å². The van der Waals surface area contributed by atoms with E-state index in [0.29, 0.717) is 4.88 Å². The maximum atomic E-state index is 11.5. The van der Waals surface area contributed by atoms with Gasteiger partial charge in [-0.15, -0.1) is 11.3 Å². The van der Waals surface area contributed by atoms with Crippen LogP contribution in [0.3, 0.4) is 0 Å². The van der Waals surface area contributed by atoms with Crippen molar-refractivity contribution in [1.82, 2.24) is 4.90 Å². The van der Waals surface area contributed by atoms with Crippen molar-refractivity contribution in [2.45, 2.75) is 32.4 Å². The molecule has 2 rings (SSSR count). The van der Waals surface area contributed by atoms with Gasteiger partial charge in [-0.05, 0) is 37.9 Å². The zero-order chi connectivity index (χ0) is 13.1. The highest BCUT2D eigenvalue weighted by Gasteiger charge is 2.25. The average molecular weight is 269 g/mol. The number of likely N-dealkylation sites (tertiary alicyclic amines) is 1. The molecule has 1 aromatic rings. The van der Waals surface area contributed by atoms with Crippen LogP contribution in [0, 0.1) is 6.92 Å². The van der Waals surface area contributed by atoms with Crippen molar-refractivity contribution in [2.75, 3.05) is 20.3 Å². The number of carbonyl (C=O) groups excluding carboxylic acids is 1. The second-order valence-electron chi connectivity index (χ2n) is 4.63. The highest BCUT2D eigenvalue weighted by atomic mass is 32.1. The molecule has 1 atom stereocenters. The first kappa shape index (κ1) is 13.5. The van der Waals surface area contributed by atoms with Crippen LogP contribution in [0.25, 0.3) is 0 Å². The number of rotatable bonds is 4. The number of carbonyl (C=O) groups is 1. The van der Waals surface area contributed by atoms with Crippen molar-refractivity contribution >= 4 is 17.3 Å². The van der Waals surface area contributed by atoms with E-state index >= 15 is 0 Å². The number of aryl methyl sites for hydroxylation is 1. The maximum Gasteiger partial charge on any atom is 0.348 e. The molecule has 0 amide bonds. The first-order valence-corrected chi connectivity index (χ1v) is 7.00. The second-order valence-corrected chi connectivity index (χ2v) is 5.89. The van der Waals surface area contributed by atoms with E-state index in [1.165, 1.54) is 24.0 Å². The molecule has 0 spiro atoms. The fourth-order valence-corrected chi connectivity index (χ4v) is 3.36. The number of aliphatic hydroxyl groups excluding tert-OH is 1. The lowest BCUT2D eigenvalue weighted by atomic mass is 10.2. The van der Waals surface area contributed by atoms with E-state index in [1.807, 2.05) is 13.0 Å². The van der Waals surface area contributed by atoms with Gasteiger partial charge < -0.3 is 9.84 Å². The van der Waals surface area contributed by atoms with Crippen LogP contribution in [0.2, 0.25) is 0 Å². The summed E-state index contributed by atoms with van der Waals surface area (Å²) in [4.78, 5) is 15.6. The van der Waals surface area contributed by atoms with Crippen LogP contribution in [0.5, 0.6) is 0 Å². The van der Waals surface area contributed by atoms with Gasteiger partial charge in [-0.3, -0.25) is 4.90 Å². The Balaban J connectivity index is 2.09. The fraction of sp³-hybridized carbons (Fsp3) is 0.615. The van der Waals surface area contributed by atoms with Gasteiger partial charge in [0.25, 0.3) is 0 Å². The SMILES string of the molecule is COC(=O)c1cc(CN2CCC[C@@H]2CO)c(C)s1. The molecule has 1 aromatic heterocycles. The smallest absolute Gasteiger partial charge is 0.348 e. The third kappa shape index (κ3) is 2.74. The van der Waals surface area contributed by atoms with Gasteiger partial charge in [0.15, 0.2) is 0 Å². The number of thiophene rings is 1. The third-order valence-corrected chi connectivity index (χ3v) is 4.56. The van der Waals surface area contributed by atoms with Crippen LogP contribution in [-0.4, -0.2) is 42.3 Å². The molecule has 1 saturated heterocycles. The summed E-state index contributed by atoms with van der Waals surface area (Å²) in [5.74, 6) is -0.269. The summed E-state index contributed by atoms with van der Waals surface area (Å²) < 4.78 is 4.73. The Bertz CT molecular complexity index is 430.